The Hall–Kier alpha value is -1.48. The Balaban J connectivity index is 2.49. The van der Waals surface area contributed by atoms with E-state index in [2.05, 4.69) is 18.9 Å². The van der Waals surface area contributed by atoms with E-state index in [4.69, 9.17) is 17.3 Å². The predicted molar refractivity (Wildman–Crippen MR) is 71.8 cm³/mol. The highest BCUT2D eigenvalue weighted by Gasteiger charge is 2.08. The van der Waals surface area contributed by atoms with Gasteiger partial charge >= 0.3 is 0 Å². The van der Waals surface area contributed by atoms with Crippen LogP contribution in [0.3, 0.4) is 0 Å². The van der Waals surface area contributed by atoms with Crippen LogP contribution in [0.2, 0.25) is 5.02 Å². The summed E-state index contributed by atoms with van der Waals surface area (Å²) in [5.74, 6) is 0.417. The van der Waals surface area contributed by atoms with Gasteiger partial charge in [-0.15, -0.1) is 0 Å². The summed E-state index contributed by atoms with van der Waals surface area (Å²) in [6, 6.07) is 5.74. The maximum absolute atomic E-state index is 6.04. The maximum atomic E-state index is 6.04. The summed E-state index contributed by atoms with van der Waals surface area (Å²) in [6.45, 7) is 6.24. The van der Waals surface area contributed by atoms with Crippen molar-refractivity contribution in [3.05, 3.63) is 40.7 Å². The molecule has 0 bridgehead atoms. The first-order valence-electron chi connectivity index (χ1n) is 5.60. The highest BCUT2D eigenvalue weighted by Crippen LogP contribution is 2.26. The Morgan fingerprint density at radius 1 is 1.35 bits per heavy atom. The van der Waals surface area contributed by atoms with Gasteiger partial charge in [0, 0.05) is 6.20 Å². The van der Waals surface area contributed by atoms with Crippen LogP contribution in [0.1, 0.15) is 31.0 Å². The first-order valence-corrected chi connectivity index (χ1v) is 5.98. The van der Waals surface area contributed by atoms with Gasteiger partial charge in [-0.2, -0.15) is 5.10 Å². The second-order valence-corrected chi connectivity index (χ2v) is 4.91. The molecule has 1 aromatic carbocycles. The number of rotatable bonds is 2. The maximum Gasteiger partial charge on any atom is 0.0691 e. The van der Waals surface area contributed by atoms with Gasteiger partial charge in [-0.1, -0.05) is 25.4 Å². The summed E-state index contributed by atoms with van der Waals surface area (Å²) in [5.41, 5.74) is 9.46. The lowest BCUT2D eigenvalue weighted by molar-refractivity contribution is 0.766. The summed E-state index contributed by atoms with van der Waals surface area (Å²) in [7, 11) is 0. The fourth-order valence-corrected chi connectivity index (χ4v) is 1.88. The van der Waals surface area contributed by atoms with Gasteiger partial charge in [0.1, 0.15) is 0 Å². The second-order valence-electron chi connectivity index (χ2n) is 4.50. The van der Waals surface area contributed by atoms with Crippen molar-refractivity contribution in [2.45, 2.75) is 26.7 Å². The van der Waals surface area contributed by atoms with Crippen molar-refractivity contribution in [1.82, 2.24) is 9.78 Å². The number of hydrogen-bond donors (Lipinski definition) is 1. The molecular weight excluding hydrogens is 234 g/mol. The molecule has 4 heteroatoms. The van der Waals surface area contributed by atoms with E-state index in [0.29, 0.717) is 16.6 Å². The van der Waals surface area contributed by atoms with Gasteiger partial charge in [-0.25, -0.2) is 4.68 Å². The van der Waals surface area contributed by atoms with Gasteiger partial charge in [-0.3, -0.25) is 0 Å². The van der Waals surface area contributed by atoms with Gasteiger partial charge in [0.15, 0.2) is 0 Å². The SMILES string of the molecule is Cc1cc(N)c(Cl)cc1-n1ccc(C(C)C)n1. The lowest BCUT2D eigenvalue weighted by Gasteiger charge is -2.08. The summed E-state index contributed by atoms with van der Waals surface area (Å²) in [6.07, 6.45) is 1.95. The molecule has 0 spiro atoms. The van der Waals surface area contributed by atoms with Gasteiger partial charge < -0.3 is 5.73 Å². The van der Waals surface area contributed by atoms with Crippen LogP contribution >= 0.6 is 11.6 Å². The van der Waals surface area contributed by atoms with Crippen LogP contribution in [-0.4, -0.2) is 9.78 Å². The van der Waals surface area contributed by atoms with Crippen molar-refractivity contribution in [2.75, 3.05) is 5.73 Å². The number of hydrogen-bond acceptors (Lipinski definition) is 2. The Bertz CT molecular complexity index is 544. The first kappa shape index (κ1) is 12.0. The number of benzene rings is 1. The van der Waals surface area contributed by atoms with Crippen molar-refractivity contribution in [3.63, 3.8) is 0 Å². The average molecular weight is 250 g/mol. The zero-order valence-electron chi connectivity index (χ0n) is 10.2. The minimum Gasteiger partial charge on any atom is -0.398 e. The molecule has 2 aromatic rings. The van der Waals surface area contributed by atoms with E-state index in [9.17, 15) is 0 Å². The molecule has 3 nitrogen and oxygen atoms in total. The van der Waals surface area contributed by atoms with Crippen molar-refractivity contribution in [3.8, 4) is 5.69 Å². The summed E-state index contributed by atoms with van der Waals surface area (Å²) >= 11 is 6.04. The Kier molecular flexibility index (Phi) is 3.11. The van der Waals surface area contributed by atoms with E-state index in [-0.39, 0.29) is 0 Å². The monoisotopic (exact) mass is 249 g/mol. The van der Waals surface area contributed by atoms with Crippen molar-refractivity contribution < 1.29 is 0 Å². The molecule has 0 saturated carbocycles. The van der Waals surface area contributed by atoms with Crippen LogP contribution in [-0.2, 0) is 0 Å². The quantitative estimate of drug-likeness (QED) is 0.828. The lowest BCUT2D eigenvalue weighted by atomic mass is 10.1. The van der Waals surface area contributed by atoms with E-state index >= 15 is 0 Å². The van der Waals surface area contributed by atoms with Crippen LogP contribution in [0.25, 0.3) is 5.69 Å². The van der Waals surface area contributed by atoms with Crippen LogP contribution < -0.4 is 5.73 Å². The third-order valence-corrected chi connectivity index (χ3v) is 3.09. The number of anilines is 1. The zero-order chi connectivity index (χ0) is 12.6. The predicted octanol–water partition coefficient (Wildman–Crippen LogP) is 3.54. The molecule has 2 N–H and O–H groups in total. The highest BCUT2D eigenvalue weighted by molar-refractivity contribution is 6.33. The highest BCUT2D eigenvalue weighted by atomic mass is 35.5. The summed E-state index contributed by atoms with van der Waals surface area (Å²) < 4.78 is 1.84. The minimum absolute atomic E-state index is 0.417. The second kappa shape index (κ2) is 4.41. The molecule has 0 radical (unpaired) electrons. The van der Waals surface area contributed by atoms with Crippen molar-refractivity contribution >= 4 is 17.3 Å². The van der Waals surface area contributed by atoms with E-state index in [0.717, 1.165) is 16.9 Å². The molecule has 0 unspecified atom stereocenters. The smallest absolute Gasteiger partial charge is 0.0691 e. The molecule has 0 saturated heterocycles. The molecule has 0 aliphatic heterocycles. The van der Waals surface area contributed by atoms with Crippen molar-refractivity contribution in [1.29, 1.82) is 0 Å². The van der Waals surface area contributed by atoms with Gasteiger partial charge in [0.05, 0.1) is 22.1 Å². The van der Waals surface area contributed by atoms with E-state index in [1.807, 2.05) is 36.0 Å². The van der Waals surface area contributed by atoms with Gasteiger partial charge in [-0.05, 0) is 36.6 Å². The molecule has 0 atom stereocenters. The van der Waals surface area contributed by atoms with E-state index in [1.54, 1.807) is 0 Å². The van der Waals surface area contributed by atoms with Crippen molar-refractivity contribution in [2.24, 2.45) is 0 Å². The minimum atomic E-state index is 0.417. The number of aryl methyl sites for hydroxylation is 1. The normalized spacial score (nSPS) is 11.1. The third kappa shape index (κ3) is 2.29. The molecule has 90 valence electrons. The zero-order valence-corrected chi connectivity index (χ0v) is 11.0. The van der Waals surface area contributed by atoms with Gasteiger partial charge in [0.25, 0.3) is 0 Å². The first-order chi connectivity index (χ1) is 7.99. The number of nitrogens with two attached hydrogens (primary N) is 1. The summed E-state index contributed by atoms with van der Waals surface area (Å²) in [4.78, 5) is 0. The van der Waals surface area contributed by atoms with Crippen LogP contribution in [0, 0.1) is 6.92 Å². The molecule has 0 amide bonds. The third-order valence-electron chi connectivity index (χ3n) is 2.76. The molecule has 2 rings (SSSR count). The molecule has 17 heavy (non-hydrogen) atoms. The number of nitrogen functional groups attached to an aromatic ring is 1. The molecule has 1 aromatic heterocycles. The molecule has 0 fully saturated rings. The van der Waals surface area contributed by atoms with Gasteiger partial charge in [0.2, 0.25) is 0 Å². The fraction of sp³-hybridized carbons (Fsp3) is 0.308. The molecule has 0 aliphatic rings. The van der Waals surface area contributed by atoms with Crippen LogP contribution in [0.5, 0.6) is 0 Å². The van der Waals surface area contributed by atoms with E-state index < -0.39 is 0 Å². The largest absolute Gasteiger partial charge is 0.398 e. The molecule has 0 aliphatic carbocycles. The summed E-state index contributed by atoms with van der Waals surface area (Å²) in [5, 5.41) is 5.09. The Morgan fingerprint density at radius 2 is 2.06 bits per heavy atom. The molecule has 1 heterocycles. The van der Waals surface area contributed by atoms with E-state index in [1.165, 1.54) is 0 Å². The average Bonchev–Trinajstić information content (AvgIpc) is 2.72. The fourth-order valence-electron chi connectivity index (χ4n) is 1.72. The van der Waals surface area contributed by atoms with Crippen LogP contribution in [0.4, 0.5) is 5.69 Å². The van der Waals surface area contributed by atoms with Crippen LogP contribution in [0.15, 0.2) is 24.4 Å². The number of aromatic nitrogens is 2. The Labute approximate surface area is 106 Å². The molecular formula is C13H16ClN3. The number of nitrogens with zero attached hydrogens (tertiary/aromatic N) is 2. The Morgan fingerprint density at radius 3 is 2.65 bits per heavy atom. The standard InChI is InChI=1S/C13H16ClN3/c1-8(2)12-4-5-17(16-12)13-7-10(14)11(15)6-9(13)3/h4-8H,15H2,1-3H3. The lowest BCUT2D eigenvalue weighted by Crippen LogP contribution is -2.01. The topological polar surface area (TPSA) is 43.8 Å². The number of halogens is 1.